The molecule has 0 spiro atoms. The number of aromatic amines is 1. The summed E-state index contributed by atoms with van der Waals surface area (Å²) in [7, 11) is 0. The summed E-state index contributed by atoms with van der Waals surface area (Å²) >= 11 is 0. The fourth-order valence-electron chi connectivity index (χ4n) is 4.04. The zero-order valence-electron chi connectivity index (χ0n) is 18.4. The third-order valence-corrected chi connectivity index (χ3v) is 5.84. The van der Waals surface area contributed by atoms with E-state index in [1.807, 2.05) is 24.3 Å². The molecular weight excluding hydrogens is 394 g/mol. The number of carbonyl (C=O) groups is 3. The molecule has 0 aliphatic carbocycles. The molecule has 3 amide bonds. The standard InChI is InChI=1S/C23H33N5O3/c1-3-4-5-8-13-24-21(29)17-10-9-14-28(15-17)23(31)16(2)25-22(30)20-18-11-6-7-12-19(18)26-27-20/h6-7,11-12,16-17H,3-5,8-10,13-15H2,1-2H3,(H,24,29)(H,25,30)(H,26,27). The Hall–Kier alpha value is -2.90. The maximum absolute atomic E-state index is 12.9. The molecule has 3 rings (SSSR count). The molecule has 0 radical (unpaired) electrons. The maximum Gasteiger partial charge on any atom is 0.273 e. The molecule has 2 atom stereocenters. The van der Waals surface area contributed by atoms with Crippen LogP contribution in [0.5, 0.6) is 0 Å². The van der Waals surface area contributed by atoms with Crippen molar-refractivity contribution < 1.29 is 14.4 Å². The maximum atomic E-state index is 12.9. The first kappa shape index (κ1) is 22.8. The molecule has 2 unspecified atom stereocenters. The number of aromatic nitrogens is 2. The van der Waals surface area contributed by atoms with Crippen molar-refractivity contribution >= 4 is 28.6 Å². The van der Waals surface area contributed by atoms with Gasteiger partial charge in [-0.25, -0.2) is 0 Å². The van der Waals surface area contributed by atoms with Crippen LogP contribution in [0.15, 0.2) is 24.3 Å². The number of nitrogens with zero attached hydrogens (tertiary/aromatic N) is 2. The number of amides is 3. The smallest absolute Gasteiger partial charge is 0.273 e. The number of carbonyl (C=O) groups excluding carboxylic acids is 3. The van der Waals surface area contributed by atoms with Crippen molar-refractivity contribution in [3.8, 4) is 0 Å². The minimum atomic E-state index is -0.696. The molecule has 168 valence electrons. The molecule has 1 aromatic carbocycles. The van der Waals surface area contributed by atoms with Crippen molar-refractivity contribution in [2.45, 2.75) is 58.4 Å². The largest absolute Gasteiger partial charge is 0.356 e. The Morgan fingerprint density at radius 1 is 1.23 bits per heavy atom. The van der Waals surface area contributed by atoms with E-state index in [1.165, 1.54) is 12.8 Å². The number of rotatable bonds is 9. The predicted octanol–water partition coefficient (Wildman–Crippen LogP) is 2.62. The van der Waals surface area contributed by atoms with Gasteiger partial charge in [0.05, 0.1) is 11.4 Å². The van der Waals surface area contributed by atoms with Crippen molar-refractivity contribution in [1.29, 1.82) is 0 Å². The fraction of sp³-hybridized carbons (Fsp3) is 0.565. The molecule has 8 heteroatoms. The Bertz CT molecular complexity index is 910. The van der Waals surface area contributed by atoms with E-state index in [0.717, 1.165) is 31.2 Å². The molecule has 31 heavy (non-hydrogen) atoms. The first-order valence-electron chi connectivity index (χ1n) is 11.3. The third kappa shape index (κ3) is 5.83. The molecule has 1 aliphatic heterocycles. The van der Waals surface area contributed by atoms with E-state index < -0.39 is 11.9 Å². The first-order valence-corrected chi connectivity index (χ1v) is 11.3. The summed E-state index contributed by atoms with van der Waals surface area (Å²) in [6.07, 6.45) is 6.02. The topological polar surface area (TPSA) is 107 Å². The molecule has 1 aromatic heterocycles. The monoisotopic (exact) mass is 427 g/mol. The normalized spacial score (nSPS) is 17.4. The van der Waals surface area contributed by atoms with Gasteiger partial charge in [-0.05, 0) is 32.3 Å². The zero-order chi connectivity index (χ0) is 22.2. The van der Waals surface area contributed by atoms with E-state index in [2.05, 4.69) is 27.8 Å². The Labute approximate surface area is 183 Å². The van der Waals surface area contributed by atoms with Gasteiger partial charge in [-0.15, -0.1) is 0 Å². The SMILES string of the molecule is CCCCCCNC(=O)C1CCCN(C(=O)C(C)NC(=O)c2n[nH]c3ccccc23)C1. The zero-order valence-corrected chi connectivity index (χ0v) is 18.4. The Morgan fingerprint density at radius 2 is 2.03 bits per heavy atom. The number of nitrogens with one attached hydrogen (secondary N) is 3. The summed E-state index contributed by atoms with van der Waals surface area (Å²) in [5, 5.41) is 13.4. The number of para-hydroxylation sites is 1. The van der Waals surface area contributed by atoms with Crippen LogP contribution in [0, 0.1) is 5.92 Å². The Kier molecular flexibility index (Phi) is 8.03. The van der Waals surface area contributed by atoms with Crippen LogP contribution in [0.2, 0.25) is 0 Å². The van der Waals surface area contributed by atoms with Crippen LogP contribution in [-0.2, 0) is 9.59 Å². The summed E-state index contributed by atoms with van der Waals surface area (Å²) in [6, 6.07) is 6.67. The predicted molar refractivity (Wildman–Crippen MR) is 119 cm³/mol. The average molecular weight is 428 g/mol. The first-order chi connectivity index (χ1) is 15.0. The Balaban J connectivity index is 1.51. The molecule has 8 nitrogen and oxygen atoms in total. The number of benzene rings is 1. The van der Waals surface area contributed by atoms with Crippen LogP contribution in [0.4, 0.5) is 0 Å². The molecule has 2 aromatic rings. The van der Waals surface area contributed by atoms with E-state index in [1.54, 1.807) is 11.8 Å². The van der Waals surface area contributed by atoms with Crippen molar-refractivity contribution in [2.24, 2.45) is 5.92 Å². The molecular formula is C23H33N5O3. The van der Waals surface area contributed by atoms with Crippen molar-refractivity contribution in [3.63, 3.8) is 0 Å². The number of piperidine rings is 1. The van der Waals surface area contributed by atoms with Gasteiger partial charge in [-0.2, -0.15) is 5.10 Å². The molecule has 2 heterocycles. The molecule has 1 fully saturated rings. The van der Waals surface area contributed by atoms with Crippen LogP contribution in [0.3, 0.4) is 0 Å². The number of likely N-dealkylation sites (tertiary alicyclic amines) is 1. The lowest BCUT2D eigenvalue weighted by atomic mass is 9.96. The molecule has 1 saturated heterocycles. The highest BCUT2D eigenvalue weighted by Crippen LogP contribution is 2.18. The van der Waals surface area contributed by atoms with E-state index in [-0.39, 0.29) is 23.4 Å². The van der Waals surface area contributed by atoms with E-state index in [9.17, 15) is 14.4 Å². The van der Waals surface area contributed by atoms with Crippen LogP contribution in [-0.4, -0.2) is 58.5 Å². The second-order valence-corrected chi connectivity index (χ2v) is 8.29. The number of fused-ring (bicyclic) bond motifs is 1. The van der Waals surface area contributed by atoms with E-state index in [4.69, 9.17) is 0 Å². The van der Waals surface area contributed by atoms with Gasteiger partial charge in [0.15, 0.2) is 5.69 Å². The second kappa shape index (κ2) is 10.9. The number of H-pyrrole nitrogens is 1. The van der Waals surface area contributed by atoms with Crippen LogP contribution in [0.1, 0.15) is 62.9 Å². The number of unbranched alkanes of at least 4 members (excludes halogenated alkanes) is 3. The molecule has 0 bridgehead atoms. The van der Waals surface area contributed by atoms with Gasteiger partial charge in [0.25, 0.3) is 5.91 Å². The van der Waals surface area contributed by atoms with Crippen molar-refractivity contribution in [2.75, 3.05) is 19.6 Å². The lowest BCUT2D eigenvalue weighted by molar-refractivity contribution is -0.137. The van der Waals surface area contributed by atoms with Gasteiger partial charge in [0, 0.05) is 25.0 Å². The Morgan fingerprint density at radius 3 is 2.84 bits per heavy atom. The minimum absolute atomic E-state index is 0.0219. The van der Waals surface area contributed by atoms with Gasteiger partial charge < -0.3 is 15.5 Å². The summed E-state index contributed by atoms with van der Waals surface area (Å²) in [4.78, 5) is 39.8. The van der Waals surface area contributed by atoms with Crippen LogP contribution in [0.25, 0.3) is 10.9 Å². The van der Waals surface area contributed by atoms with Crippen LogP contribution >= 0.6 is 0 Å². The second-order valence-electron chi connectivity index (χ2n) is 8.29. The van der Waals surface area contributed by atoms with E-state index in [0.29, 0.717) is 25.0 Å². The van der Waals surface area contributed by atoms with E-state index >= 15 is 0 Å². The minimum Gasteiger partial charge on any atom is -0.356 e. The lowest BCUT2D eigenvalue weighted by Gasteiger charge is -2.33. The highest BCUT2D eigenvalue weighted by Gasteiger charge is 2.31. The molecule has 1 aliphatic rings. The van der Waals surface area contributed by atoms with Crippen LogP contribution < -0.4 is 10.6 Å². The summed E-state index contributed by atoms with van der Waals surface area (Å²) in [6.45, 7) is 5.52. The van der Waals surface area contributed by atoms with Gasteiger partial charge in [0.2, 0.25) is 11.8 Å². The number of hydrogen-bond donors (Lipinski definition) is 3. The number of hydrogen-bond acceptors (Lipinski definition) is 4. The highest BCUT2D eigenvalue weighted by molar-refractivity contribution is 6.05. The quantitative estimate of drug-likeness (QED) is 0.535. The fourth-order valence-corrected chi connectivity index (χ4v) is 4.04. The summed E-state index contributed by atoms with van der Waals surface area (Å²) in [5.41, 5.74) is 1.04. The van der Waals surface area contributed by atoms with Gasteiger partial charge in [-0.1, -0.05) is 44.4 Å². The molecule has 3 N–H and O–H groups in total. The average Bonchev–Trinajstić information content (AvgIpc) is 3.22. The summed E-state index contributed by atoms with van der Waals surface area (Å²) < 4.78 is 0. The third-order valence-electron chi connectivity index (χ3n) is 5.84. The van der Waals surface area contributed by atoms with Gasteiger partial charge in [-0.3, -0.25) is 19.5 Å². The van der Waals surface area contributed by atoms with Crippen molar-refractivity contribution in [1.82, 2.24) is 25.7 Å². The highest BCUT2D eigenvalue weighted by atomic mass is 16.2. The van der Waals surface area contributed by atoms with Gasteiger partial charge >= 0.3 is 0 Å². The molecule has 0 saturated carbocycles. The van der Waals surface area contributed by atoms with Gasteiger partial charge in [0.1, 0.15) is 6.04 Å². The van der Waals surface area contributed by atoms with Crippen molar-refractivity contribution in [3.05, 3.63) is 30.0 Å². The lowest BCUT2D eigenvalue weighted by Crippen LogP contribution is -2.52. The summed E-state index contributed by atoms with van der Waals surface area (Å²) in [5.74, 6) is -0.735.